The number of esters is 1. The van der Waals surface area contributed by atoms with Crippen molar-refractivity contribution < 1.29 is 33.3 Å². The van der Waals surface area contributed by atoms with Crippen LogP contribution in [0.3, 0.4) is 0 Å². The van der Waals surface area contributed by atoms with Gasteiger partial charge in [0, 0.05) is 29.6 Å². The molecule has 0 radical (unpaired) electrons. The average molecular weight is 561 g/mol. The molecular weight excluding hydrogens is 535 g/mol. The predicted octanol–water partition coefficient (Wildman–Crippen LogP) is 6.09. The fourth-order valence-corrected chi connectivity index (χ4v) is 3.67. The van der Waals surface area contributed by atoms with Crippen molar-refractivity contribution in [2.24, 2.45) is 0 Å². The van der Waals surface area contributed by atoms with Gasteiger partial charge in [-0.1, -0.05) is 23.2 Å². The first-order valence-electron chi connectivity index (χ1n) is 11.5. The Bertz CT molecular complexity index is 1280. The van der Waals surface area contributed by atoms with E-state index in [2.05, 4.69) is 10.6 Å². The monoisotopic (exact) mass is 560 g/mol. The summed E-state index contributed by atoms with van der Waals surface area (Å²) >= 11 is 12.0. The highest BCUT2D eigenvalue weighted by Gasteiger charge is 2.13. The number of benzene rings is 3. The summed E-state index contributed by atoms with van der Waals surface area (Å²) in [4.78, 5) is 36.4. The summed E-state index contributed by atoms with van der Waals surface area (Å²) in [6.45, 7) is -0.471. The zero-order valence-corrected chi connectivity index (χ0v) is 22.2. The van der Waals surface area contributed by atoms with E-state index in [0.717, 1.165) is 0 Å². The lowest BCUT2D eigenvalue weighted by molar-refractivity contribution is -0.147. The lowest BCUT2D eigenvalue weighted by Crippen LogP contribution is -2.21. The Kier molecular flexibility index (Phi) is 10.6. The molecular formula is C27H26Cl2N2O7. The number of halogens is 2. The van der Waals surface area contributed by atoms with Gasteiger partial charge in [-0.3, -0.25) is 14.4 Å². The average Bonchev–Trinajstić information content (AvgIpc) is 2.90. The van der Waals surface area contributed by atoms with E-state index in [9.17, 15) is 14.4 Å². The fourth-order valence-electron chi connectivity index (χ4n) is 3.22. The molecule has 0 saturated heterocycles. The van der Waals surface area contributed by atoms with E-state index in [4.69, 9.17) is 42.1 Å². The number of carbonyl (C=O) groups is 3. The van der Waals surface area contributed by atoms with Gasteiger partial charge in [0.15, 0.2) is 6.61 Å². The third-order valence-corrected chi connectivity index (χ3v) is 5.62. The van der Waals surface area contributed by atoms with Crippen LogP contribution >= 0.6 is 23.2 Å². The van der Waals surface area contributed by atoms with Gasteiger partial charge in [0.05, 0.1) is 24.9 Å². The van der Waals surface area contributed by atoms with Crippen LogP contribution in [0.25, 0.3) is 0 Å². The molecule has 0 atom stereocenters. The predicted molar refractivity (Wildman–Crippen MR) is 145 cm³/mol. The smallest absolute Gasteiger partial charge is 0.306 e. The van der Waals surface area contributed by atoms with Gasteiger partial charge in [-0.05, 0) is 61.0 Å². The lowest BCUT2D eigenvalue weighted by atomic mass is 10.2. The molecule has 2 N–H and O–H groups in total. The maximum absolute atomic E-state index is 12.2. The molecule has 9 nitrogen and oxygen atoms in total. The number of nitrogens with one attached hydrogen (secondary N) is 2. The summed E-state index contributed by atoms with van der Waals surface area (Å²) in [7, 11) is 2.97. The summed E-state index contributed by atoms with van der Waals surface area (Å²) in [6, 6.07) is 16.6. The first kappa shape index (κ1) is 28.6. The van der Waals surface area contributed by atoms with Crippen LogP contribution in [-0.4, -0.2) is 38.6 Å². The molecule has 0 unspecified atom stereocenters. The molecule has 0 spiro atoms. The van der Waals surface area contributed by atoms with E-state index in [1.165, 1.54) is 14.2 Å². The van der Waals surface area contributed by atoms with Gasteiger partial charge in [0.2, 0.25) is 5.91 Å². The van der Waals surface area contributed by atoms with Gasteiger partial charge < -0.3 is 29.6 Å². The van der Waals surface area contributed by atoms with Crippen molar-refractivity contribution in [1.29, 1.82) is 0 Å². The van der Waals surface area contributed by atoms with Crippen molar-refractivity contribution in [2.75, 3.05) is 31.5 Å². The first-order chi connectivity index (χ1) is 18.3. The third-order valence-electron chi connectivity index (χ3n) is 5.09. The largest absolute Gasteiger partial charge is 0.497 e. The summed E-state index contributed by atoms with van der Waals surface area (Å²) in [6.07, 6.45) is 0.338. The normalized spacial score (nSPS) is 10.3. The van der Waals surface area contributed by atoms with Gasteiger partial charge >= 0.3 is 5.97 Å². The van der Waals surface area contributed by atoms with Crippen LogP contribution in [-0.2, 0) is 19.1 Å². The van der Waals surface area contributed by atoms with Crippen LogP contribution in [0.5, 0.6) is 23.0 Å². The Hall–Kier alpha value is -3.95. The van der Waals surface area contributed by atoms with Gasteiger partial charge in [0.25, 0.3) is 5.91 Å². The van der Waals surface area contributed by atoms with E-state index in [-0.39, 0.29) is 25.2 Å². The molecule has 200 valence electrons. The zero-order chi connectivity index (χ0) is 27.5. The molecule has 3 aromatic carbocycles. The highest BCUT2D eigenvalue weighted by atomic mass is 35.5. The molecule has 11 heteroatoms. The molecule has 0 fully saturated rings. The van der Waals surface area contributed by atoms with Crippen molar-refractivity contribution in [3.8, 4) is 23.0 Å². The first-order valence-corrected chi connectivity index (χ1v) is 12.2. The van der Waals surface area contributed by atoms with Crippen molar-refractivity contribution >= 4 is 52.4 Å². The summed E-state index contributed by atoms with van der Waals surface area (Å²) in [5, 5.41) is 6.24. The van der Waals surface area contributed by atoms with Gasteiger partial charge in [-0.2, -0.15) is 0 Å². The number of methoxy groups -OCH3 is 2. The Morgan fingerprint density at radius 3 is 2.16 bits per heavy atom. The number of amides is 2. The van der Waals surface area contributed by atoms with Gasteiger partial charge in [0.1, 0.15) is 23.0 Å². The Labute approximate surface area is 229 Å². The number of hydrogen-bond donors (Lipinski definition) is 2. The molecule has 0 aliphatic rings. The van der Waals surface area contributed by atoms with Crippen molar-refractivity contribution in [1.82, 2.24) is 0 Å². The highest BCUT2D eigenvalue weighted by Crippen LogP contribution is 2.32. The van der Waals surface area contributed by atoms with Crippen molar-refractivity contribution in [3.63, 3.8) is 0 Å². The molecule has 0 heterocycles. The van der Waals surface area contributed by atoms with Crippen LogP contribution in [0, 0.1) is 0 Å². The second-order valence-corrected chi connectivity index (χ2v) is 8.72. The maximum atomic E-state index is 12.2. The maximum Gasteiger partial charge on any atom is 0.306 e. The highest BCUT2D eigenvalue weighted by molar-refractivity contribution is 6.35. The quantitative estimate of drug-likeness (QED) is 0.257. The molecule has 3 rings (SSSR count). The number of carbonyl (C=O) groups excluding carboxylic acids is 3. The minimum atomic E-state index is -0.590. The van der Waals surface area contributed by atoms with E-state index < -0.39 is 18.5 Å². The molecule has 0 saturated carbocycles. The molecule has 0 bridgehead atoms. The van der Waals surface area contributed by atoms with Gasteiger partial charge in [-0.25, -0.2) is 0 Å². The molecule has 0 aliphatic carbocycles. The Morgan fingerprint density at radius 2 is 1.47 bits per heavy atom. The van der Waals surface area contributed by atoms with Crippen LogP contribution < -0.4 is 24.8 Å². The number of rotatable bonds is 12. The summed E-state index contributed by atoms with van der Waals surface area (Å²) < 4.78 is 21.0. The van der Waals surface area contributed by atoms with E-state index in [0.29, 0.717) is 44.4 Å². The van der Waals surface area contributed by atoms with E-state index >= 15 is 0 Å². The SMILES string of the molecule is COc1ccc(OC)c(NC(=O)COC(=O)CCCC(=O)Nc2ccc(Oc3ccc(Cl)cc3Cl)cc2)c1. The Balaban J connectivity index is 1.36. The minimum Gasteiger partial charge on any atom is -0.497 e. The van der Waals surface area contributed by atoms with Crippen molar-refractivity contribution in [2.45, 2.75) is 19.3 Å². The lowest BCUT2D eigenvalue weighted by Gasteiger charge is -2.12. The van der Waals surface area contributed by atoms with Crippen LogP contribution in [0.1, 0.15) is 19.3 Å². The van der Waals surface area contributed by atoms with Crippen molar-refractivity contribution in [3.05, 3.63) is 70.7 Å². The fraction of sp³-hybridized carbons (Fsp3) is 0.222. The molecule has 2 amide bonds. The minimum absolute atomic E-state index is 0.0161. The zero-order valence-electron chi connectivity index (χ0n) is 20.7. The summed E-state index contributed by atoms with van der Waals surface area (Å²) in [5.74, 6) is 0.561. The van der Waals surface area contributed by atoms with E-state index in [1.807, 2.05) is 0 Å². The summed E-state index contributed by atoms with van der Waals surface area (Å²) in [5.41, 5.74) is 0.953. The molecule has 3 aromatic rings. The van der Waals surface area contributed by atoms with Crippen LogP contribution in [0.15, 0.2) is 60.7 Å². The Morgan fingerprint density at radius 1 is 0.763 bits per heavy atom. The second kappa shape index (κ2) is 14.1. The van der Waals surface area contributed by atoms with Gasteiger partial charge in [-0.15, -0.1) is 0 Å². The molecule has 38 heavy (non-hydrogen) atoms. The molecule has 0 aliphatic heterocycles. The standard InChI is InChI=1S/C27H26Cl2N2O7/c1-35-20-11-13-24(36-2)22(15-20)31-26(33)16-37-27(34)5-3-4-25(32)30-18-7-9-19(10-8-18)38-23-12-6-17(28)14-21(23)29/h6-15H,3-5,16H2,1-2H3,(H,30,32)(H,31,33). The topological polar surface area (TPSA) is 112 Å². The number of ether oxygens (including phenoxy) is 4. The van der Waals surface area contributed by atoms with Crippen LogP contribution in [0.4, 0.5) is 11.4 Å². The van der Waals surface area contributed by atoms with Crippen LogP contribution in [0.2, 0.25) is 10.0 Å². The molecule has 0 aromatic heterocycles. The second-order valence-electron chi connectivity index (χ2n) is 7.88. The van der Waals surface area contributed by atoms with E-state index in [1.54, 1.807) is 60.7 Å². The number of anilines is 2. The number of hydrogen-bond acceptors (Lipinski definition) is 7. The third kappa shape index (κ3) is 8.86.